The Morgan fingerprint density at radius 2 is 2.00 bits per heavy atom. The zero-order chi connectivity index (χ0) is 15.4. The molecule has 0 bridgehead atoms. The molecule has 0 unspecified atom stereocenters. The van der Waals surface area contributed by atoms with Gasteiger partial charge in [0.1, 0.15) is 11.6 Å². The second-order valence-electron chi connectivity index (χ2n) is 4.49. The molecule has 3 N–H and O–H groups in total. The van der Waals surface area contributed by atoms with E-state index >= 15 is 0 Å². The van der Waals surface area contributed by atoms with Crippen LogP contribution in [0.25, 0.3) is 0 Å². The summed E-state index contributed by atoms with van der Waals surface area (Å²) in [5.41, 5.74) is 7.73. The number of hydrogen-bond donors (Lipinski definition) is 2. The molecule has 110 valence electrons. The van der Waals surface area contributed by atoms with Crippen LogP contribution in [0, 0.1) is 18.6 Å². The molecule has 2 aromatic carbocycles. The minimum Gasteiger partial charge on any atom is -0.399 e. The van der Waals surface area contributed by atoms with Crippen molar-refractivity contribution in [3.63, 3.8) is 0 Å². The number of anilines is 2. The third-order valence-corrected chi connectivity index (χ3v) is 3.81. The van der Waals surface area contributed by atoms with E-state index in [4.69, 9.17) is 5.73 Å². The molecule has 1 amide bonds. The van der Waals surface area contributed by atoms with Gasteiger partial charge in [0.2, 0.25) is 5.91 Å². The number of thioether (sulfide) groups is 1. The zero-order valence-electron chi connectivity index (χ0n) is 11.3. The van der Waals surface area contributed by atoms with Crippen molar-refractivity contribution in [2.75, 3.05) is 16.8 Å². The number of halogens is 2. The quantitative estimate of drug-likeness (QED) is 0.670. The van der Waals surface area contributed by atoms with Crippen LogP contribution in [0.4, 0.5) is 20.2 Å². The molecule has 0 radical (unpaired) electrons. The molecule has 0 saturated heterocycles. The fourth-order valence-electron chi connectivity index (χ4n) is 1.74. The topological polar surface area (TPSA) is 55.1 Å². The van der Waals surface area contributed by atoms with Crippen LogP contribution >= 0.6 is 11.8 Å². The molecular formula is C15H14F2N2OS. The maximum absolute atomic E-state index is 13.4. The molecule has 2 aromatic rings. The highest BCUT2D eigenvalue weighted by Crippen LogP contribution is 2.23. The first-order valence-electron chi connectivity index (χ1n) is 6.19. The van der Waals surface area contributed by atoms with E-state index in [9.17, 15) is 13.6 Å². The molecule has 0 heterocycles. The molecule has 0 aromatic heterocycles. The predicted octanol–water partition coefficient (Wildman–Crippen LogP) is 3.59. The summed E-state index contributed by atoms with van der Waals surface area (Å²) in [5.74, 6) is -1.38. The minimum atomic E-state index is -0.544. The largest absolute Gasteiger partial charge is 0.399 e. The summed E-state index contributed by atoms with van der Waals surface area (Å²) in [4.78, 5) is 12.0. The van der Waals surface area contributed by atoms with E-state index in [1.165, 1.54) is 0 Å². The van der Waals surface area contributed by atoms with Gasteiger partial charge in [0.25, 0.3) is 0 Å². The minimum absolute atomic E-state index is 0.00973. The lowest BCUT2D eigenvalue weighted by Crippen LogP contribution is -2.15. The maximum Gasteiger partial charge on any atom is 0.234 e. The van der Waals surface area contributed by atoms with Crippen LogP contribution in [0.15, 0.2) is 41.3 Å². The molecule has 0 aliphatic carbocycles. The lowest BCUT2D eigenvalue weighted by atomic mass is 10.2. The molecule has 21 heavy (non-hydrogen) atoms. The summed E-state index contributed by atoms with van der Waals surface area (Å²) < 4.78 is 26.4. The average Bonchev–Trinajstić information content (AvgIpc) is 2.43. The Morgan fingerprint density at radius 1 is 1.24 bits per heavy atom. The average molecular weight is 308 g/mol. The Hall–Kier alpha value is -2.08. The summed E-state index contributed by atoms with van der Waals surface area (Å²) in [6.45, 7) is 1.82. The first-order chi connectivity index (χ1) is 9.95. The number of amides is 1. The number of carbonyl (C=O) groups excluding carboxylic acids is 1. The van der Waals surface area contributed by atoms with Gasteiger partial charge >= 0.3 is 0 Å². The van der Waals surface area contributed by atoms with Crippen molar-refractivity contribution in [1.29, 1.82) is 0 Å². The van der Waals surface area contributed by atoms with Crippen molar-refractivity contribution in [2.24, 2.45) is 0 Å². The molecule has 0 saturated carbocycles. The van der Waals surface area contributed by atoms with Gasteiger partial charge in [0, 0.05) is 16.3 Å². The van der Waals surface area contributed by atoms with Gasteiger partial charge in [-0.15, -0.1) is 11.8 Å². The van der Waals surface area contributed by atoms with Gasteiger partial charge in [-0.25, -0.2) is 8.78 Å². The number of hydrogen-bond acceptors (Lipinski definition) is 3. The lowest BCUT2D eigenvalue weighted by molar-refractivity contribution is -0.113. The highest BCUT2D eigenvalue weighted by atomic mass is 32.2. The van der Waals surface area contributed by atoms with Gasteiger partial charge in [0.05, 0.1) is 5.75 Å². The number of nitrogen functional groups attached to an aromatic ring is 1. The van der Waals surface area contributed by atoms with Crippen molar-refractivity contribution < 1.29 is 13.6 Å². The van der Waals surface area contributed by atoms with Crippen LogP contribution in [-0.2, 0) is 4.79 Å². The summed E-state index contributed by atoms with van der Waals surface area (Å²) in [6.07, 6.45) is 0. The van der Waals surface area contributed by atoms with Crippen molar-refractivity contribution in [3.05, 3.63) is 53.6 Å². The zero-order valence-corrected chi connectivity index (χ0v) is 12.1. The van der Waals surface area contributed by atoms with Gasteiger partial charge in [0.15, 0.2) is 0 Å². The van der Waals surface area contributed by atoms with E-state index < -0.39 is 11.6 Å². The van der Waals surface area contributed by atoms with Crippen LogP contribution < -0.4 is 11.1 Å². The summed E-state index contributed by atoms with van der Waals surface area (Å²) in [7, 11) is 0. The fourth-order valence-corrected chi connectivity index (χ4v) is 2.51. The number of nitrogens with two attached hydrogens (primary N) is 1. The van der Waals surface area contributed by atoms with Gasteiger partial charge < -0.3 is 11.1 Å². The summed E-state index contributed by atoms with van der Waals surface area (Å²) in [5, 5.41) is 2.71. The van der Waals surface area contributed by atoms with Crippen molar-refractivity contribution in [2.45, 2.75) is 11.8 Å². The van der Waals surface area contributed by atoms with E-state index in [0.29, 0.717) is 11.4 Å². The smallest absolute Gasteiger partial charge is 0.234 e. The monoisotopic (exact) mass is 308 g/mol. The number of carbonyl (C=O) groups is 1. The summed E-state index contributed by atoms with van der Waals surface area (Å²) in [6, 6.07) is 8.28. The molecule has 6 heteroatoms. The van der Waals surface area contributed by atoms with E-state index in [-0.39, 0.29) is 16.6 Å². The predicted molar refractivity (Wildman–Crippen MR) is 81.3 cm³/mol. The summed E-state index contributed by atoms with van der Waals surface area (Å²) >= 11 is 0.946. The maximum atomic E-state index is 13.4. The number of nitrogens with one attached hydrogen (secondary N) is 1. The highest BCUT2D eigenvalue weighted by Gasteiger charge is 2.09. The Morgan fingerprint density at radius 3 is 2.71 bits per heavy atom. The molecule has 3 nitrogen and oxygen atoms in total. The Labute approximate surface area is 125 Å². The van der Waals surface area contributed by atoms with Crippen LogP contribution in [0.5, 0.6) is 0 Å². The van der Waals surface area contributed by atoms with E-state index in [1.807, 2.05) is 6.92 Å². The lowest BCUT2D eigenvalue weighted by Gasteiger charge is -2.09. The van der Waals surface area contributed by atoms with Crippen LogP contribution in [0.2, 0.25) is 0 Å². The molecule has 0 aliphatic heterocycles. The van der Waals surface area contributed by atoms with Crippen LogP contribution in [0.1, 0.15) is 5.56 Å². The Kier molecular flexibility index (Phi) is 4.80. The van der Waals surface area contributed by atoms with Gasteiger partial charge in [-0.2, -0.15) is 0 Å². The number of benzene rings is 2. The van der Waals surface area contributed by atoms with Gasteiger partial charge in [-0.05, 0) is 48.9 Å². The fraction of sp³-hybridized carbons (Fsp3) is 0.133. The highest BCUT2D eigenvalue weighted by molar-refractivity contribution is 8.00. The van der Waals surface area contributed by atoms with Crippen LogP contribution in [-0.4, -0.2) is 11.7 Å². The molecule has 0 aliphatic rings. The van der Waals surface area contributed by atoms with Gasteiger partial charge in [-0.1, -0.05) is 0 Å². The van der Waals surface area contributed by atoms with E-state index in [2.05, 4.69) is 5.32 Å². The van der Waals surface area contributed by atoms with Crippen molar-refractivity contribution in [1.82, 2.24) is 0 Å². The Balaban J connectivity index is 1.97. The molecular weight excluding hydrogens is 294 g/mol. The van der Waals surface area contributed by atoms with Crippen molar-refractivity contribution in [3.8, 4) is 0 Å². The molecule has 0 atom stereocenters. The third-order valence-electron chi connectivity index (χ3n) is 2.78. The first kappa shape index (κ1) is 15.3. The standard InChI is InChI=1S/C15H14F2N2OS/c1-9-6-11(18)3-5-13(9)19-15(20)8-21-14-7-10(16)2-4-12(14)17/h2-7H,8,18H2,1H3,(H,19,20). The molecule has 0 spiro atoms. The van der Waals surface area contributed by atoms with Crippen molar-refractivity contribution >= 4 is 29.0 Å². The van der Waals surface area contributed by atoms with E-state index in [1.54, 1.807) is 18.2 Å². The van der Waals surface area contributed by atoms with Crippen LogP contribution in [0.3, 0.4) is 0 Å². The Bertz CT molecular complexity index is 677. The number of aryl methyl sites for hydroxylation is 1. The molecule has 0 fully saturated rings. The first-order valence-corrected chi connectivity index (χ1v) is 7.18. The normalized spacial score (nSPS) is 10.4. The third kappa shape index (κ3) is 4.19. The SMILES string of the molecule is Cc1cc(N)ccc1NC(=O)CSc1cc(F)ccc1F. The second-order valence-corrected chi connectivity index (χ2v) is 5.50. The number of rotatable bonds is 4. The second kappa shape index (κ2) is 6.58. The van der Waals surface area contributed by atoms with E-state index in [0.717, 1.165) is 35.5 Å². The van der Waals surface area contributed by atoms with Gasteiger partial charge in [-0.3, -0.25) is 4.79 Å². The molecule has 2 rings (SSSR count).